The Hall–Kier alpha value is -0.900. The molecule has 1 atom stereocenters. The number of hydrogen-bond acceptors (Lipinski definition) is 3. The van der Waals surface area contributed by atoms with Crippen LogP contribution in [0.25, 0.3) is 0 Å². The van der Waals surface area contributed by atoms with Crippen LogP contribution in [-0.2, 0) is 7.05 Å². The van der Waals surface area contributed by atoms with E-state index in [-0.39, 0.29) is 0 Å². The molecular formula is C10H18N4. The lowest BCUT2D eigenvalue weighted by Crippen LogP contribution is -2.11. The van der Waals surface area contributed by atoms with Crippen molar-refractivity contribution in [3.63, 3.8) is 0 Å². The fourth-order valence-electron chi connectivity index (χ4n) is 1.89. The minimum absolute atomic E-state index is 0.421. The van der Waals surface area contributed by atoms with E-state index in [2.05, 4.69) is 29.2 Å². The highest BCUT2D eigenvalue weighted by Crippen LogP contribution is 2.21. The van der Waals surface area contributed by atoms with E-state index in [0.717, 1.165) is 24.7 Å². The minimum atomic E-state index is 0.421. The second-order valence-electron chi connectivity index (χ2n) is 4.30. The van der Waals surface area contributed by atoms with Crippen molar-refractivity contribution < 1.29 is 0 Å². The second-order valence-corrected chi connectivity index (χ2v) is 4.30. The smallest absolute Gasteiger partial charge is 0.153 e. The van der Waals surface area contributed by atoms with Gasteiger partial charge in [0, 0.05) is 25.4 Å². The van der Waals surface area contributed by atoms with E-state index in [0.29, 0.717) is 11.8 Å². The van der Waals surface area contributed by atoms with Gasteiger partial charge in [-0.2, -0.15) is 5.10 Å². The predicted molar refractivity (Wildman–Crippen MR) is 55.3 cm³/mol. The Balaban J connectivity index is 2.24. The number of aryl methyl sites for hydroxylation is 1. The molecule has 14 heavy (non-hydrogen) atoms. The van der Waals surface area contributed by atoms with Crippen LogP contribution >= 0.6 is 0 Å². The molecule has 1 aromatic heterocycles. The van der Waals surface area contributed by atoms with Gasteiger partial charge in [0.2, 0.25) is 0 Å². The summed E-state index contributed by atoms with van der Waals surface area (Å²) >= 11 is 0. The fraction of sp³-hybridized carbons (Fsp3) is 0.800. The molecule has 0 amide bonds. The molecule has 0 radical (unpaired) electrons. The van der Waals surface area contributed by atoms with Gasteiger partial charge < -0.3 is 5.32 Å². The van der Waals surface area contributed by atoms with E-state index in [1.165, 1.54) is 6.42 Å². The molecule has 2 heterocycles. The van der Waals surface area contributed by atoms with Crippen LogP contribution in [0.5, 0.6) is 0 Å². The Bertz CT molecular complexity index is 310. The highest BCUT2D eigenvalue weighted by Gasteiger charge is 2.22. The number of nitrogens with one attached hydrogen (secondary N) is 1. The van der Waals surface area contributed by atoms with Gasteiger partial charge in [0.1, 0.15) is 5.82 Å². The summed E-state index contributed by atoms with van der Waals surface area (Å²) in [4.78, 5) is 4.60. The monoisotopic (exact) mass is 194 g/mol. The molecule has 0 aromatic carbocycles. The normalized spacial score (nSPS) is 22.1. The van der Waals surface area contributed by atoms with Gasteiger partial charge in [0.05, 0.1) is 0 Å². The van der Waals surface area contributed by atoms with E-state index in [1.807, 2.05) is 11.7 Å². The largest absolute Gasteiger partial charge is 0.316 e. The molecule has 1 N–H and O–H groups in total. The molecule has 4 nitrogen and oxygen atoms in total. The van der Waals surface area contributed by atoms with Crippen molar-refractivity contribution in [2.75, 3.05) is 13.1 Å². The van der Waals surface area contributed by atoms with Crippen molar-refractivity contribution in [2.24, 2.45) is 7.05 Å². The fourth-order valence-corrected chi connectivity index (χ4v) is 1.89. The summed E-state index contributed by atoms with van der Waals surface area (Å²) in [5.41, 5.74) is 0. The number of rotatable bonds is 2. The molecule has 0 saturated carbocycles. The van der Waals surface area contributed by atoms with E-state index in [4.69, 9.17) is 0 Å². The molecule has 78 valence electrons. The Morgan fingerprint density at radius 3 is 2.79 bits per heavy atom. The van der Waals surface area contributed by atoms with Crippen molar-refractivity contribution in [1.29, 1.82) is 0 Å². The molecular weight excluding hydrogens is 176 g/mol. The summed E-state index contributed by atoms with van der Waals surface area (Å²) in [5.74, 6) is 3.08. The Morgan fingerprint density at radius 1 is 1.50 bits per heavy atom. The van der Waals surface area contributed by atoms with E-state index < -0.39 is 0 Å². The number of aromatic nitrogens is 3. The molecule has 1 aliphatic rings. The third kappa shape index (κ3) is 1.66. The van der Waals surface area contributed by atoms with E-state index >= 15 is 0 Å². The van der Waals surface area contributed by atoms with Crippen LogP contribution in [0.2, 0.25) is 0 Å². The average Bonchev–Trinajstić information content (AvgIpc) is 2.71. The molecule has 1 saturated heterocycles. The first-order valence-corrected chi connectivity index (χ1v) is 5.30. The first kappa shape index (κ1) is 9.65. The van der Waals surface area contributed by atoms with Crippen LogP contribution in [0.15, 0.2) is 0 Å². The van der Waals surface area contributed by atoms with Crippen LogP contribution in [0.1, 0.15) is 43.8 Å². The van der Waals surface area contributed by atoms with Gasteiger partial charge in [-0.05, 0) is 13.0 Å². The van der Waals surface area contributed by atoms with Crippen LogP contribution in [0.4, 0.5) is 0 Å². The summed E-state index contributed by atoms with van der Waals surface area (Å²) in [6.45, 7) is 6.41. The Kier molecular flexibility index (Phi) is 2.54. The molecule has 1 fully saturated rings. The van der Waals surface area contributed by atoms with Gasteiger partial charge in [0.15, 0.2) is 5.82 Å². The van der Waals surface area contributed by atoms with Crippen molar-refractivity contribution in [2.45, 2.75) is 32.1 Å². The maximum atomic E-state index is 4.60. The summed E-state index contributed by atoms with van der Waals surface area (Å²) in [6, 6.07) is 0. The summed E-state index contributed by atoms with van der Waals surface area (Å²) in [5, 5.41) is 7.79. The van der Waals surface area contributed by atoms with Gasteiger partial charge in [-0.15, -0.1) is 0 Å². The minimum Gasteiger partial charge on any atom is -0.316 e. The molecule has 0 bridgehead atoms. The van der Waals surface area contributed by atoms with Gasteiger partial charge in [-0.1, -0.05) is 13.8 Å². The Morgan fingerprint density at radius 2 is 2.29 bits per heavy atom. The van der Waals surface area contributed by atoms with E-state index in [1.54, 1.807) is 0 Å². The average molecular weight is 194 g/mol. The SMILES string of the molecule is CC(C)c1nc(C2CCNC2)n(C)n1. The topological polar surface area (TPSA) is 42.7 Å². The first-order chi connectivity index (χ1) is 6.68. The molecule has 2 rings (SSSR count). The number of hydrogen-bond donors (Lipinski definition) is 1. The highest BCUT2D eigenvalue weighted by molar-refractivity contribution is 5.05. The molecule has 4 heteroatoms. The van der Waals surface area contributed by atoms with Crippen molar-refractivity contribution in [1.82, 2.24) is 20.1 Å². The molecule has 1 unspecified atom stereocenters. The van der Waals surface area contributed by atoms with Gasteiger partial charge in [-0.3, -0.25) is 4.68 Å². The van der Waals surface area contributed by atoms with Crippen molar-refractivity contribution in [3.8, 4) is 0 Å². The van der Waals surface area contributed by atoms with Gasteiger partial charge in [-0.25, -0.2) is 4.98 Å². The van der Waals surface area contributed by atoms with Gasteiger partial charge >= 0.3 is 0 Å². The second kappa shape index (κ2) is 3.69. The summed E-state index contributed by atoms with van der Waals surface area (Å²) in [6.07, 6.45) is 1.18. The number of nitrogens with zero attached hydrogens (tertiary/aromatic N) is 3. The van der Waals surface area contributed by atoms with Crippen LogP contribution in [0.3, 0.4) is 0 Å². The van der Waals surface area contributed by atoms with Crippen LogP contribution < -0.4 is 5.32 Å². The maximum absolute atomic E-state index is 4.60. The van der Waals surface area contributed by atoms with Crippen LogP contribution in [0, 0.1) is 0 Å². The lowest BCUT2D eigenvalue weighted by atomic mass is 10.1. The first-order valence-electron chi connectivity index (χ1n) is 5.30. The van der Waals surface area contributed by atoms with Crippen LogP contribution in [-0.4, -0.2) is 27.9 Å². The summed E-state index contributed by atoms with van der Waals surface area (Å²) in [7, 11) is 1.99. The van der Waals surface area contributed by atoms with E-state index in [9.17, 15) is 0 Å². The zero-order chi connectivity index (χ0) is 10.1. The molecule has 1 aromatic rings. The zero-order valence-corrected chi connectivity index (χ0v) is 9.12. The molecule has 0 aliphatic carbocycles. The molecule has 1 aliphatic heterocycles. The lowest BCUT2D eigenvalue weighted by molar-refractivity contribution is 0.619. The van der Waals surface area contributed by atoms with Gasteiger partial charge in [0.25, 0.3) is 0 Å². The lowest BCUT2D eigenvalue weighted by Gasteiger charge is -2.05. The van der Waals surface area contributed by atoms with Crippen molar-refractivity contribution in [3.05, 3.63) is 11.6 Å². The highest BCUT2D eigenvalue weighted by atomic mass is 15.3. The third-order valence-electron chi connectivity index (χ3n) is 2.75. The zero-order valence-electron chi connectivity index (χ0n) is 9.12. The maximum Gasteiger partial charge on any atom is 0.153 e. The van der Waals surface area contributed by atoms with Crippen molar-refractivity contribution >= 4 is 0 Å². The standard InChI is InChI=1S/C10H18N4/c1-7(2)9-12-10(14(3)13-9)8-4-5-11-6-8/h7-8,11H,4-6H2,1-3H3. The third-order valence-corrected chi connectivity index (χ3v) is 2.75. The molecule has 0 spiro atoms. The summed E-state index contributed by atoms with van der Waals surface area (Å²) < 4.78 is 1.94. The quantitative estimate of drug-likeness (QED) is 0.764. The predicted octanol–water partition coefficient (Wildman–Crippen LogP) is 1.02. The Labute approximate surface area is 84.7 Å².